The molecule has 3 atom stereocenters. The molecule has 0 unspecified atom stereocenters. The van der Waals surface area contributed by atoms with Gasteiger partial charge in [-0.2, -0.15) is 0 Å². The van der Waals surface area contributed by atoms with Crippen molar-refractivity contribution in [2.45, 2.75) is 83.9 Å². The fourth-order valence-electron chi connectivity index (χ4n) is 5.19. The molecule has 0 spiro atoms. The average molecular weight is 636 g/mol. The van der Waals surface area contributed by atoms with Gasteiger partial charge in [0.25, 0.3) is 0 Å². The fourth-order valence-corrected chi connectivity index (χ4v) is 5.19. The number of hydrogen-bond acceptors (Lipinski definition) is 8. The largest absolute Gasteiger partial charge is 0.445 e. The number of alkyl carbamates (subject to hydrolysis) is 1. The summed E-state index contributed by atoms with van der Waals surface area (Å²) in [5.74, 6) is -0.951. The number of unbranched alkanes of at least 4 members (excludes halogenated alkanes) is 1. The standard InChI is InChI=1S/C34H45N5O7/c1-3-13-30(39(44)24-40)28(19-12-18-26-14-6-4-7-15-26)32(41)36-29(33(42)37-31-22-25(2)46-38-31)20-10-11-21-35-34(43)45-23-27-16-8-5-9-17-27/h4-9,14-17,22,24,28-30,44H,3,10-13,18-21,23H2,1-2H3,(H,35,43)(H,36,41)(H,37,38,42)/t28-,29+,30+/m1/s1. The summed E-state index contributed by atoms with van der Waals surface area (Å²) in [6, 6.07) is 19.0. The molecule has 12 heteroatoms. The van der Waals surface area contributed by atoms with Gasteiger partial charge in [-0.05, 0) is 63.0 Å². The second-order valence-electron chi connectivity index (χ2n) is 11.2. The van der Waals surface area contributed by atoms with Gasteiger partial charge in [-0.3, -0.25) is 19.6 Å². The predicted molar refractivity (Wildman–Crippen MR) is 172 cm³/mol. The molecule has 12 nitrogen and oxygen atoms in total. The van der Waals surface area contributed by atoms with Crippen molar-refractivity contribution in [3.8, 4) is 0 Å². The van der Waals surface area contributed by atoms with Gasteiger partial charge in [0.15, 0.2) is 5.82 Å². The zero-order valence-corrected chi connectivity index (χ0v) is 26.5. The number of ether oxygens (including phenoxy) is 1. The summed E-state index contributed by atoms with van der Waals surface area (Å²) in [5, 5.41) is 23.1. The fraction of sp³-hybridized carbons (Fsp3) is 0.441. The van der Waals surface area contributed by atoms with E-state index in [1.807, 2.05) is 67.6 Å². The Morgan fingerprint density at radius 2 is 1.65 bits per heavy atom. The smallest absolute Gasteiger partial charge is 0.407 e. The first-order chi connectivity index (χ1) is 22.3. The van der Waals surface area contributed by atoms with Crippen molar-refractivity contribution < 1.29 is 33.6 Å². The molecular weight excluding hydrogens is 590 g/mol. The molecule has 0 bridgehead atoms. The van der Waals surface area contributed by atoms with E-state index < -0.39 is 35.9 Å². The maximum absolute atomic E-state index is 13.8. The number of carbonyl (C=O) groups is 4. The SMILES string of the molecule is CCC[C@@H]([C@@H](CCCc1ccccc1)C(=O)N[C@@H](CCCCNC(=O)OCc1ccccc1)C(=O)Nc1cc(C)on1)N(O)C=O. The Bertz CT molecular complexity index is 1350. The second-order valence-corrected chi connectivity index (χ2v) is 11.2. The highest BCUT2D eigenvalue weighted by Crippen LogP contribution is 2.22. The van der Waals surface area contributed by atoms with Crippen molar-refractivity contribution >= 4 is 30.1 Å². The molecule has 0 saturated carbocycles. The highest BCUT2D eigenvalue weighted by atomic mass is 16.5. The first-order valence-electron chi connectivity index (χ1n) is 15.8. The molecule has 46 heavy (non-hydrogen) atoms. The number of aromatic nitrogens is 1. The molecule has 4 N–H and O–H groups in total. The van der Waals surface area contributed by atoms with Crippen molar-refractivity contribution in [2.75, 3.05) is 11.9 Å². The van der Waals surface area contributed by atoms with Gasteiger partial charge < -0.3 is 25.2 Å². The molecule has 0 aliphatic carbocycles. The molecule has 0 aliphatic heterocycles. The van der Waals surface area contributed by atoms with Crippen LogP contribution in [0.25, 0.3) is 0 Å². The normalized spacial score (nSPS) is 12.8. The summed E-state index contributed by atoms with van der Waals surface area (Å²) in [4.78, 5) is 50.8. The lowest BCUT2D eigenvalue weighted by Gasteiger charge is -2.31. The summed E-state index contributed by atoms with van der Waals surface area (Å²) in [7, 11) is 0. The van der Waals surface area contributed by atoms with Gasteiger partial charge in [-0.15, -0.1) is 0 Å². The van der Waals surface area contributed by atoms with Crippen molar-refractivity contribution in [1.82, 2.24) is 20.9 Å². The molecule has 0 saturated heterocycles. The Kier molecular flexibility index (Phi) is 15.3. The molecule has 3 aromatic rings. The second kappa shape index (κ2) is 19.6. The van der Waals surface area contributed by atoms with Gasteiger partial charge in [0, 0.05) is 12.6 Å². The van der Waals surface area contributed by atoms with Crippen LogP contribution in [0.4, 0.5) is 10.6 Å². The van der Waals surface area contributed by atoms with E-state index in [-0.39, 0.29) is 18.8 Å². The van der Waals surface area contributed by atoms with Crippen molar-refractivity contribution in [2.24, 2.45) is 5.92 Å². The number of amides is 4. The number of benzene rings is 2. The number of carbonyl (C=O) groups excluding carboxylic acids is 4. The van der Waals surface area contributed by atoms with E-state index in [0.29, 0.717) is 68.7 Å². The van der Waals surface area contributed by atoms with Gasteiger partial charge in [0.2, 0.25) is 18.2 Å². The van der Waals surface area contributed by atoms with E-state index in [1.165, 1.54) is 0 Å². The van der Waals surface area contributed by atoms with Crippen LogP contribution in [0, 0.1) is 12.8 Å². The average Bonchev–Trinajstić information content (AvgIpc) is 3.48. The van der Waals surface area contributed by atoms with E-state index in [0.717, 1.165) is 11.1 Å². The number of aryl methyl sites for hydroxylation is 2. The Morgan fingerprint density at radius 3 is 2.28 bits per heavy atom. The minimum atomic E-state index is -0.947. The Balaban J connectivity index is 1.63. The molecule has 0 aliphatic rings. The number of nitrogens with one attached hydrogen (secondary N) is 3. The molecule has 4 amide bonds. The monoisotopic (exact) mass is 635 g/mol. The summed E-state index contributed by atoms with van der Waals surface area (Å²) in [6.07, 6.45) is 3.83. The zero-order chi connectivity index (χ0) is 33.1. The molecule has 2 aromatic carbocycles. The van der Waals surface area contributed by atoms with Crippen LogP contribution >= 0.6 is 0 Å². The molecule has 1 heterocycles. The van der Waals surface area contributed by atoms with E-state index >= 15 is 0 Å². The van der Waals surface area contributed by atoms with Crippen LogP contribution in [-0.4, -0.2) is 58.4 Å². The first-order valence-corrected chi connectivity index (χ1v) is 15.8. The van der Waals surface area contributed by atoms with Crippen LogP contribution in [0.2, 0.25) is 0 Å². The topological polar surface area (TPSA) is 163 Å². The summed E-state index contributed by atoms with van der Waals surface area (Å²) in [5.41, 5.74) is 1.99. The van der Waals surface area contributed by atoms with Crippen LogP contribution in [0.1, 0.15) is 68.8 Å². The lowest BCUT2D eigenvalue weighted by molar-refractivity contribution is -0.169. The minimum absolute atomic E-state index is 0.156. The number of rotatable bonds is 20. The van der Waals surface area contributed by atoms with Crippen LogP contribution < -0.4 is 16.0 Å². The molecular formula is C34H45N5O7. The molecule has 0 radical (unpaired) electrons. The van der Waals surface area contributed by atoms with Gasteiger partial charge in [0.1, 0.15) is 18.4 Å². The zero-order valence-electron chi connectivity index (χ0n) is 26.5. The predicted octanol–water partition coefficient (Wildman–Crippen LogP) is 5.16. The van der Waals surface area contributed by atoms with E-state index in [2.05, 4.69) is 21.1 Å². The Labute approximate surface area is 269 Å². The Hall–Kier alpha value is -4.71. The van der Waals surface area contributed by atoms with Gasteiger partial charge >= 0.3 is 6.09 Å². The van der Waals surface area contributed by atoms with Crippen molar-refractivity contribution in [1.29, 1.82) is 0 Å². The molecule has 0 fully saturated rings. The molecule has 1 aromatic heterocycles. The van der Waals surface area contributed by atoms with Crippen LogP contribution in [0.5, 0.6) is 0 Å². The summed E-state index contributed by atoms with van der Waals surface area (Å²) < 4.78 is 10.3. The number of anilines is 1. The van der Waals surface area contributed by atoms with E-state index in [4.69, 9.17) is 9.26 Å². The number of hydrogen-bond donors (Lipinski definition) is 4. The maximum Gasteiger partial charge on any atom is 0.407 e. The Morgan fingerprint density at radius 1 is 0.957 bits per heavy atom. The van der Waals surface area contributed by atoms with Crippen LogP contribution in [-0.2, 0) is 32.1 Å². The van der Waals surface area contributed by atoms with Gasteiger partial charge in [-0.1, -0.05) is 79.2 Å². The quantitative estimate of drug-likeness (QED) is 0.0573. The maximum atomic E-state index is 13.8. The molecule has 248 valence electrons. The highest BCUT2D eigenvalue weighted by molar-refractivity contribution is 5.96. The number of nitrogens with zero attached hydrogens (tertiary/aromatic N) is 2. The molecule has 3 rings (SSSR count). The van der Waals surface area contributed by atoms with Gasteiger partial charge in [-0.25, -0.2) is 9.86 Å². The minimum Gasteiger partial charge on any atom is -0.445 e. The third-order valence-electron chi connectivity index (χ3n) is 7.57. The van der Waals surface area contributed by atoms with Crippen LogP contribution in [0.15, 0.2) is 71.3 Å². The lowest BCUT2D eigenvalue weighted by atomic mass is 9.88. The summed E-state index contributed by atoms with van der Waals surface area (Å²) in [6.45, 7) is 4.08. The number of hydroxylamine groups is 2. The van der Waals surface area contributed by atoms with Crippen LogP contribution in [0.3, 0.4) is 0 Å². The van der Waals surface area contributed by atoms with E-state index in [1.54, 1.807) is 13.0 Å². The highest BCUT2D eigenvalue weighted by Gasteiger charge is 2.34. The summed E-state index contributed by atoms with van der Waals surface area (Å²) >= 11 is 0. The third-order valence-corrected chi connectivity index (χ3v) is 7.57. The van der Waals surface area contributed by atoms with Gasteiger partial charge in [0.05, 0.1) is 12.0 Å². The van der Waals surface area contributed by atoms with Crippen molar-refractivity contribution in [3.05, 3.63) is 83.6 Å². The third kappa shape index (κ3) is 12.4. The first kappa shape index (κ1) is 35.8. The lowest BCUT2D eigenvalue weighted by Crippen LogP contribution is -2.51. The van der Waals surface area contributed by atoms with E-state index in [9.17, 15) is 24.4 Å². The van der Waals surface area contributed by atoms with Crippen molar-refractivity contribution in [3.63, 3.8) is 0 Å².